The molecule has 1 saturated carbocycles. The molecule has 37 heavy (non-hydrogen) atoms. The topological polar surface area (TPSA) is 118 Å². The van der Waals surface area contributed by atoms with Gasteiger partial charge in [0.1, 0.15) is 23.7 Å². The van der Waals surface area contributed by atoms with Crippen LogP contribution in [0.1, 0.15) is 55.6 Å². The summed E-state index contributed by atoms with van der Waals surface area (Å²) in [7, 11) is 1.60. The number of hydrogen-bond donors (Lipinski definition) is 4. The number of benzene rings is 2. The number of aliphatic hydroxyl groups is 1. The first-order valence-corrected chi connectivity index (χ1v) is 13.1. The minimum absolute atomic E-state index is 0.0486. The Bertz CT molecular complexity index is 1120. The highest BCUT2D eigenvalue weighted by Gasteiger charge is 2.46. The minimum atomic E-state index is -0.541. The molecule has 2 aromatic rings. The second-order valence-corrected chi connectivity index (χ2v) is 10.0. The number of rotatable bonds is 8. The van der Waals surface area contributed by atoms with Gasteiger partial charge in [-0.2, -0.15) is 0 Å². The molecule has 2 fully saturated rings. The number of aliphatic hydroxyl groups excluding tert-OH is 1. The molecule has 5 rings (SSSR count). The summed E-state index contributed by atoms with van der Waals surface area (Å²) < 4.78 is 17.6. The maximum atomic E-state index is 12.8. The van der Waals surface area contributed by atoms with Gasteiger partial charge in [0.25, 0.3) is 0 Å². The maximum absolute atomic E-state index is 12.8. The van der Waals surface area contributed by atoms with Crippen molar-refractivity contribution in [2.45, 2.75) is 75.3 Å². The predicted octanol–water partition coefficient (Wildman–Crippen LogP) is 3.46. The SMILES string of the molecule is COc1ccccc1CNC(=O)C[C@@H]1C[C@@H]2c3cc(NC(=O)NC4CCCC4)ccc3O[C@@H]2[C@@H](CO)O1. The molecule has 4 N–H and O–H groups in total. The largest absolute Gasteiger partial charge is 0.496 e. The fourth-order valence-electron chi connectivity index (χ4n) is 5.71. The van der Waals surface area contributed by atoms with Gasteiger partial charge < -0.3 is 35.3 Å². The lowest BCUT2D eigenvalue weighted by molar-refractivity contribution is -0.142. The van der Waals surface area contributed by atoms with Gasteiger partial charge in [-0.1, -0.05) is 31.0 Å². The average Bonchev–Trinajstić information content (AvgIpc) is 3.54. The van der Waals surface area contributed by atoms with Crippen molar-refractivity contribution in [1.82, 2.24) is 10.6 Å². The van der Waals surface area contributed by atoms with E-state index in [2.05, 4.69) is 16.0 Å². The Morgan fingerprint density at radius 2 is 1.95 bits per heavy atom. The van der Waals surface area contributed by atoms with Crippen molar-refractivity contribution < 1.29 is 28.9 Å². The van der Waals surface area contributed by atoms with Crippen molar-refractivity contribution in [2.24, 2.45) is 0 Å². The average molecular weight is 510 g/mol. The molecule has 0 unspecified atom stereocenters. The Balaban J connectivity index is 1.22. The van der Waals surface area contributed by atoms with E-state index in [1.807, 2.05) is 42.5 Å². The molecule has 1 saturated heterocycles. The van der Waals surface area contributed by atoms with E-state index in [1.165, 1.54) is 0 Å². The summed E-state index contributed by atoms with van der Waals surface area (Å²) in [6.45, 7) is 0.151. The molecule has 9 heteroatoms. The van der Waals surface area contributed by atoms with Crippen LogP contribution >= 0.6 is 0 Å². The van der Waals surface area contributed by atoms with Gasteiger partial charge in [0.05, 0.1) is 26.2 Å². The number of carbonyl (C=O) groups excluding carboxylic acids is 2. The molecule has 9 nitrogen and oxygen atoms in total. The molecule has 0 radical (unpaired) electrons. The number of fused-ring (bicyclic) bond motifs is 3. The first-order chi connectivity index (χ1) is 18.0. The van der Waals surface area contributed by atoms with Gasteiger partial charge in [-0.05, 0) is 43.5 Å². The highest BCUT2D eigenvalue weighted by atomic mass is 16.6. The van der Waals surface area contributed by atoms with E-state index < -0.39 is 6.10 Å². The molecule has 198 valence electrons. The van der Waals surface area contributed by atoms with Gasteiger partial charge >= 0.3 is 6.03 Å². The fourth-order valence-corrected chi connectivity index (χ4v) is 5.71. The summed E-state index contributed by atoms with van der Waals surface area (Å²) in [4.78, 5) is 25.2. The van der Waals surface area contributed by atoms with Gasteiger partial charge in [0, 0.05) is 35.3 Å². The van der Waals surface area contributed by atoms with Gasteiger partial charge in [-0.15, -0.1) is 0 Å². The summed E-state index contributed by atoms with van der Waals surface area (Å²) in [6.07, 6.45) is 3.84. The summed E-state index contributed by atoms with van der Waals surface area (Å²) in [5.74, 6) is 1.26. The molecule has 1 aliphatic carbocycles. The summed E-state index contributed by atoms with van der Waals surface area (Å²) in [6, 6.07) is 13.2. The zero-order chi connectivity index (χ0) is 25.8. The molecular formula is C28H35N3O6. The lowest BCUT2D eigenvalue weighted by Crippen LogP contribution is -2.47. The van der Waals surface area contributed by atoms with E-state index in [4.69, 9.17) is 14.2 Å². The standard InChI is InChI=1S/C28H35N3O6/c1-35-23-9-5-2-6-17(23)15-29-26(33)14-20-13-22-21-12-19(31-28(34)30-18-7-3-4-8-18)10-11-24(21)37-27(22)25(16-32)36-20/h2,5-6,9-12,18,20,22,25,27,32H,3-4,7-8,13-16H2,1H3,(H,29,33)(H2,30,31,34)/t20-,22+,25+,27-/m0/s1. The molecule has 4 atom stereocenters. The molecule has 0 spiro atoms. The zero-order valence-corrected chi connectivity index (χ0v) is 21.1. The second kappa shape index (κ2) is 11.4. The molecule has 2 aromatic carbocycles. The van der Waals surface area contributed by atoms with Crippen LogP contribution < -0.4 is 25.4 Å². The van der Waals surface area contributed by atoms with E-state index in [0.717, 1.165) is 48.3 Å². The van der Waals surface area contributed by atoms with Crippen molar-refractivity contribution >= 4 is 17.6 Å². The lowest BCUT2D eigenvalue weighted by Gasteiger charge is -2.37. The van der Waals surface area contributed by atoms with Gasteiger partial charge in [-0.3, -0.25) is 4.79 Å². The third-order valence-electron chi connectivity index (χ3n) is 7.53. The normalized spacial score (nSPS) is 24.5. The van der Waals surface area contributed by atoms with Crippen LogP contribution in [0, 0.1) is 0 Å². The van der Waals surface area contributed by atoms with Gasteiger partial charge in [0.2, 0.25) is 5.91 Å². The highest BCUT2D eigenvalue weighted by Crippen LogP contribution is 2.47. The number of hydrogen-bond acceptors (Lipinski definition) is 6. The summed E-state index contributed by atoms with van der Waals surface area (Å²) in [5.41, 5.74) is 2.55. The first kappa shape index (κ1) is 25.4. The van der Waals surface area contributed by atoms with Crippen LogP contribution in [0.2, 0.25) is 0 Å². The number of ether oxygens (including phenoxy) is 3. The Kier molecular flexibility index (Phi) is 7.81. The van der Waals surface area contributed by atoms with E-state index in [-0.39, 0.29) is 49.1 Å². The van der Waals surface area contributed by atoms with Crippen molar-refractivity contribution in [3.05, 3.63) is 53.6 Å². The van der Waals surface area contributed by atoms with Crippen LogP contribution in [0.5, 0.6) is 11.5 Å². The van der Waals surface area contributed by atoms with Crippen LogP contribution in [-0.2, 0) is 16.1 Å². The Labute approximate surface area is 216 Å². The van der Waals surface area contributed by atoms with Crippen molar-refractivity contribution in [3.8, 4) is 11.5 Å². The van der Waals surface area contributed by atoms with Gasteiger partial charge in [0.15, 0.2) is 0 Å². The molecule has 0 bridgehead atoms. The summed E-state index contributed by atoms with van der Waals surface area (Å²) in [5, 5.41) is 18.9. The Morgan fingerprint density at radius 3 is 2.73 bits per heavy atom. The molecule has 2 heterocycles. The number of para-hydroxylation sites is 1. The summed E-state index contributed by atoms with van der Waals surface area (Å²) >= 11 is 0. The number of methoxy groups -OCH3 is 1. The zero-order valence-electron chi connectivity index (χ0n) is 21.1. The molecule has 3 amide bonds. The molecule has 2 aliphatic heterocycles. The third kappa shape index (κ3) is 5.83. The second-order valence-electron chi connectivity index (χ2n) is 10.0. The predicted molar refractivity (Wildman–Crippen MR) is 138 cm³/mol. The molecule has 3 aliphatic rings. The van der Waals surface area contributed by atoms with Gasteiger partial charge in [-0.25, -0.2) is 4.79 Å². The molecule has 0 aromatic heterocycles. The van der Waals surface area contributed by atoms with Crippen molar-refractivity contribution in [1.29, 1.82) is 0 Å². The van der Waals surface area contributed by atoms with Crippen LogP contribution in [0.15, 0.2) is 42.5 Å². The number of amides is 3. The number of urea groups is 1. The minimum Gasteiger partial charge on any atom is -0.496 e. The number of anilines is 1. The Hall–Kier alpha value is -3.30. The lowest BCUT2D eigenvalue weighted by atomic mass is 9.84. The first-order valence-electron chi connectivity index (χ1n) is 13.1. The van der Waals surface area contributed by atoms with Crippen LogP contribution in [0.4, 0.5) is 10.5 Å². The van der Waals surface area contributed by atoms with E-state index in [1.54, 1.807) is 7.11 Å². The fraction of sp³-hybridized carbons (Fsp3) is 0.500. The Morgan fingerprint density at radius 1 is 1.14 bits per heavy atom. The third-order valence-corrected chi connectivity index (χ3v) is 7.53. The number of nitrogens with one attached hydrogen (secondary N) is 3. The van der Waals surface area contributed by atoms with Crippen LogP contribution in [-0.4, -0.2) is 55.1 Å². The van der Waals surface area contributed by atoms with Crippen LogP contribution in [0.3, 0.4) is 0 Å². The smallest absolute Gasteiger partial charge is 0.319 e. The quantitative estimate of drug-likeness (QED) is 0.433. The maximum Gasteiger partial charge on any atom is 0.319 e. The highest BCUT2D eigenvalue weighted by molar-refractivity contribution is 5.89. The van der Waals surface area contributed by atoms with Crippen molar-refractivity contribution in [3.63, 3.8) is 0 Å². The van der Waals surface area contributed by atoms with Crippen LogP contribution in [0.25, 0.3) is 0 Å². The van der Waals surface area contributed by atoms with E-state index in [9.17, 15) is 14.7 Å². The van der Waals surface area contributed by atoms with Crippen molar-refractivity contribution in [2.75, 3.05) is 19.0 Å². The van der Waals surface area contributed by atoms with E-state index >= 15 is 0 Å². The number of carbonyl (C=O) groups is 2. The molecular weight excluding hydrogens is 474 g/mol. The van der Waals surface area contributed by atoms with E-state index in [0.29, 0.717) is 18.7 Å². The monoisotopic (exact) mass is 509 g/mol.